The lowest BCUT2D eigenvalue weighted by Crippen LogP contribution is -2.34. The van der Waals surface area contributed by atoms with Crippen molar-refractivity contribution in [3.05, 3.63) is 59.7 Å². The number of hydrogen-bond donors (Lipinski definition) is 1. The molecule has 0 aliphatic carbocycles. The van der Waals surface area contributed by atoms with E-state index in [1.165, 1.54) is 0 Å². The molecule has 0 fully saturated rings. The van der Waals surface area contributed by atoms with Gasteiger partial charge in [0.25, 0.3) is 5.91 Å². The van der Waals surface area contributed by atoms with Crippen LogP contribution in [0.3, 0.4) is 0 Å². The van der Waals surface area contributed by atoms with E-state index in [0.29, 0.717) is 22.6 Å². The molecular weight excluding hydrogens is 254 g/mol. The Hall–Kier alpha value is -2.62. The summed E-state index contributed by atoms with van der Waals surface area (Å²) >= 11 is 0. The second kappa shape index (κ2) is 4.81. The lowest BCUT2D eigenvalue weighted by atomic mass is 10.0. The molecule has 4 nitrogen and oxygen atoms in total. The zero-order valence-electron chi connectivity index (χ0n) is 10.9. The first-order valence-corrected chi connectivity index (χ1v) is 6.36. The molecule has 0 aromatic heterocycles. The molecule has 0 bridgehead atoms. The van der Waals surface area contributed by atoms with Gasteiger partial charge in [-0.25, -0.2) is 0 Å². The Morgan fingerprint density at radius 1 is 1.10 bits per heavy atom. The summed E-state index contributed by atoms with van der Waals surface area (Å²) in [5.74, 6) is 0.296. The highest BCUT2D eigenvalue weighted by Crippen LogP contribution is 2.31. The molecule has 20 heavy (non-hydrogen) atoms. The van der Waals surface area contributed by atoms with Gasteiger partial charge in [0.05, 0.1) is 5.69 Å². The Balaban J connectivity index is 1.95. The Morgan fingerprint density at radius 2 is 1.85 bits per heavy atom. The van der Waals surface area contributed by atoms with Crippen LogP contribution >= 0.6 is 0 Å². The van der Waals surface area contributed by atoms with Gasteiger partial charge in [0.1, 0.15) is 5.75 Å². The first kappa shape index (κ1) is 12.4. The molecule has 1 amide bonds. The van der Waals surface area contributed by atoms with E-state index in [1.54, 1.807) is 37.3 Å². The number of nitrogens with one attached hydrogen (secondary N) is 1. The molecule has 4 heteroatoms. The summed E-state index contributed by atoms with van der Waals surface area (Å²) < 4.78 is 5.46. The Morgan fingerprint density at radius 3 is 2.60 bits per heavy atom. The molecule has 1 unspecified atom stereocenters. The van der Waals surface area contributed by atoms with Crippen LogP contribution in [0.5, 0.6) is 5.75 Å². The standard InChI is InChI=1S/C16H13NO3/c1-10-16(19)17-13-9-12(7-8-14(13)20-10)15(18)11-5-3-2-4-6-11/h2-10H,1H3,(H,17,19). The lowest BCUT2D eigenvalue weighted by Gasteiger charge is -2.23. The summed E-state index contributed by atoms with van der Waals surface area (Å²) in [7, 11) is 0. The van der Waals surface area contributed by atoms with Gasteiger partial charge in [0.2, 0.25) is 0 Å². The average Bonchev–Trinajstić information content (AvgIpc) is 2.48. The van der Waals surface area contributed by atoms with Gasteiger partial charge in [-0.2, -0.15) is 0 Å². The molecule has 2 aromatic carbocycles. The van der Waals surface area contributed by atoms with Crippen molar-refractivity contribution in [3.8, 4) is 5.75 Å². The molecule has 3 rings (SSSR count). The van der Waals surface area contributed by atoms with Gasteiger partial charge in [0, 0.05) is 11.1 Å². The van der Waals surface area contributed by atoms with Crippen molar-refractivity contribution in [2.75, 3.05) is 5.32 Å². The highest BCUT2D eigenvalue weighted by atomic mass is 16.5. The Bertz CT molecular complexity index is 679. The van der Waals surface area contributed by atoms with E-state index >= 15 is 0 Å². The summed E-state index contributed by atoms with van der Waals surface area (Å²) in [6.45, 7) is 1.68. The first-order valence-electron chi connectivity index (χ1n) is 6.36. The van der Waals surface area contributed by atoms with E-state index in [0.717, 1.165) is 0 Å². The number of ether oxygens (including phenoxy) is 1. The molecule has 0 radical (unpaired) electrons. The van der Waals surface area contributed by atoms with E-state index in [9.17, 15) is 9.59 Å². The van der Waals surface area contributed by atoms with E-state index < -0.39 is 6.10 Å². The SMILES string of the molecule is CC1Oc2ccc(C(=O)c3ccccc3)cc2NC1=O. The first-order chi connectivity index (χ1) is 9.65. The van der Waals surface area contributed by atoms with E-state index in [-0.39, 0.29) is 11.7 Å². The number of anilines is 1. The van der Waals surface area contributed by atoms with Crippen molar-refractivity contribution in [2.45, 2.75) is 13.0 Å². The summed E-state index contributed by atoms with van der Waals surface area (Å²) in [4.78, 5) is 23.9. The molecule has 100 valence electrons. The van der Waals surface area contributed by atoms with Crippen LogP contribution in [0.25, 0.3) is 0 Å². The molecule has 1 aliphatic heterocycles. The monoisotopic (exact) mass is 267 g/mol. The third-order valence-corrected chi connectivity index (χ3v) is 3.21. The number of benzene rings is 2. The summed E-state index contributed by atoms with van der Waals surface area (Å²) in [5, 5.41) is 2.74. The van der Waals surface area contributed by atoms with E-state index in [4.69, 9.17) is 4.74 Å². The average molecular weight is 267 g/mol. The quantitative estimate of drug-likeness (QED) is 0.851. The van der Waals surface area contributed by atoms with Gasteiger partial charge in [-0.05, 0) is 25.1 Å². The van der Waals surface area contributed by atoms with Gasteiger partial charge < -0.3 is 10.1 Å². The summed E-state index contributed by atoms with van der Waals surface area (Å²) in [6, 6.07) is 14.1. The maximum Gasteiger partial charge on any atom is 0.265 e. The maximum absolute atomic E-state index is 12.3. The number of carbonyl (C=O) groups is 2. The van der Waals surface area contributed by atoms with Crippen molar-refractivity contribution in [1.82, 2.24) is 0 Å². The molecule has 2 aromatic rings. The largest absolute Gasteiger partial charge is 0.479 e. The molecule has 0 saturated carbocycles. The van der Waals surface area contributed by atoms with Gasteiger partial charge in [-0.3, -0.25) is 9.59 Å². The minimum atomic E-state index is -0.516. The molecule has 1 N–H and O–H groups in total. The fourth-order valence-electron chi connectivity index (χ4n) is 2.11. The number of hydrogen-bond acceptors (Lipinski definition) is 3. The van der Waals surface area contributed by atoms with Crippen LogP contribution in [0.4, 0.5) is 5.69 Å². The minimum absolute atomic E-state index is 0.0822. The van der Waals surface area contributed by atoms with Gasteiger partial charge >= 0.3 is 0 Å². The van der Waals surface area contributed by atoms with Crippen LogP contribution in [0.1, 0.15) is 22.8 Å². The zero-order chi connectivity index (χ0) is 14.1. The highest BCUT2D eigenvalue weighted by Gasteiger charge is 2.24. The zero-order valence-corrected chi connectivity index (χ0v) is 10.9. The summed E-state index contributed by atoms with van der Waals surface area (Å²) in [6.07, 6.45) is -0.516. The maximum atomic E-state index is 12.3. The lowest BCUT2D eigenvalue weighted by molar-refractivity contribution is -0.122. The van der Waals surface area contributed by atoms with Crippen molar-refractivity contribution in [2.24, 2.45) is 0 Å². The van der Waals surface area contributed by atoms with Gasteiger partial charge in [-0.1, -0.05) is 30.3 Å². The van der Waals surface area contributed by atoms with Crippen molar-refractivity contribution >= 4 is 17.4 Å². The summed E-state index contributed by atoms with van der Waals surface area (Å²) in [5.41, 5.74) is 1.67. The van der Waals surface area contributed by atoms with E-state index in [2.05, 4.69) is 5.32 Å². The fraction of sp³-hybridized carbons (Fsp3) is 0.125. The van der Waals surface area contributed by atoms with Crippen molar-refractivity contribution in [1.29, 1.82) is 0 Å². The number of ketones is 1. The van der Waals surface area contributed by atoms with Crippen LogP contribution in [-0.2, 0) is 4.79 Å². The normalized spacial score (nSPS) is 16.9. The second-order valence-corrected chi connectivity index (χ2v) is 4.66. The third-order valence-electron chi connectivity index (χ3n) is 3.21. The highest BCUT2D eigenvalue weighted by molar-refractivity contribution is 6.10. The molecule has 0 saturated heterocycles. The van der Waals surface area contributed by atoms with E-state index in [1.807, 2.05) is 18.2 Å². The molecule has 1 atom stereocenters. The second-order valence-electron chi connectivity index (χ2n) is 4.66. The van der Waals surface area contributed by atoms with Crippen LogP contribution in [0.2, 0.25) is 0 Å². The number of rotatable bonds is 2. The van der Waals surface area contributed by atoms with Gasteiger partial charge in [0.15, 0.2) is 11.9 Å². The topological polar surface area (TPSA) is 55.4 Å². The van der Waals surface area contributed by atoms with Crippen molar-refractivity contribution in [3.63, 3.8) is 0 Å². The molecule has 1 heterocycles. The third kappa shape index (κ3) is 2.16. The predicted molar refractivity (Wildman–Crippen MR) is 75.0 cm³/mol. The smallest absolute Gasteiger partial charge is 0.265 e. The van der Waals surface area contributed by atoms with Gasteiger partial charge in [-0.15, -0.1) is 0 Å². The fourth-order valence-corrected chi connectivity index (χ4v) is 2.11. The number of fused-ring (bicyclic) bond motifs is 1. The van der Waals surface area contributed by atoms with Crippen LogP contribution < -0.4 is 10.1 Å². The number of amides is 1. The Labute approximate surface area is 116 Å². The molecular formula is C16H13NO3. The van der Waals surface area contributed by atoms with Crippen LogP contribution in [0.15, 0.2) is 48.5 Å². The van der Waals surface area contributed by atoms with Crippen molar-refractivity contribution < 1.29 is 14.3 Å². The minimum Gasteiger partial charge on any atom is -0.479 e. The molecule has 0 spiro atoms. The van der Waals surface area contributed by atoms with Crippen LogP contribution in [-0.4, -0.2) is 17.8 Å². The molecule has 1 aliphatic rings. The predicted octanol–water partition coefficient (Wildman–Crippen LogP) is 2.64. The number of carbonyl (C=O) groups excluding carboxylic acids is 2. The Kier molecular flexibility index (Phi) is 2.99. The van der Waals surface area contributed by atoms with Crippen LogP contribution in [0, 0.1) is 0 Å².